The molecule has 0 spiro atoms. The quantitative estimate of drug-likeness (QED) is 0.523. The molecule has 0 aromatic heterocycles. The molecule has 7 nitrogen and oxygen atoms in total. The lowest BCUT2D eigenvalue weighted by molar-refractivity contribution is -0.914. The Morgan fingerprint density at radius 1 is 0.885 bits per heavy atom. The van der Waals surface area contributed by atoms with Crippen molar-refractivity contribution in [3.63, 3.8) is 0 Å². The summed E-state index contributed by atoms with van der Waals surface area (Å²) >= 11 is 0. The summed E-state index contributed by atoms with van der Waals surface area (Å²) in [5, 5.41) is 8.70. The van der Waals surface area contributed by atoms with Gasteiger partial charge in [-0.2, -0.15) is 26.3 Å². The van der Waals surface area contributed by atoms with Gasteiger partial charge < -0.3 is 13.7 Å². The van der Waals surface area contributed by atoms with Gasteiger partial charge in [-0.15, -0.1) is 0 Å². The molecule has 0 aliphatic carbocycles. The van der Waals surface area contributed by atoms with E-state index in [4.69, 9.17) is 5.11 Å². The number of aliphatic hydroxyl groups is 1. The topological polar surface area (TPSA) is 103 Å². The number of hydrogen-bond donors (Lipinski definition) is 1. The monoisotopic (exact) mass is 438 g/mol. The van der Waals surface area contributed by atoms with Gasteiger partial charge in [0.25, 0.3) is 0 Å². The SMILES string of the molecule is C[N+]1(CCCO)CCCCC1.O=S(=O)([N-]S(=O)(=O)C(F)(F)F)C(F)(F)F. The van der Waals surface area contributed by atoms with Gasteiger partial charge in [0.05, 0.1) is 26.7 Å². The van der Waals surface area contributed by atoms with Crippen molar-refractivity contribution in [2.75, 3.05) is 33.3 Å². The highest BCUT2D eigenvalue weighted by Gasteiger charge is 2.46. The average molecular weight is 438 g/mol. The van der Waals surface area contributed by atoms with Gasteiger partial charge in [0, 0.05) is 13.0 Å². The van der Waals surface area contributed by atoms with Gasteiger partial charge in [-0.1, -0.05) is 0 Å². The van der Waals surface area contributed by atoms with Crippen LogP contribution in [0.3, 0.4) is 0 Å². The molecule has 1 rings (SSSR count). The van der Waals surface area contributed by atoms with Crippen LogP contribution in [-0.4, -0.2) is 70.7 Å². The van der Waals surface area contributed by atoms with E-state index in [-0.39, 0.29) is 0 Å². The first-order chi connectivity index (χ1) is 11.5. The molecule has 0 aromatic carbocycles. The van der Waals surface area contributed by atoms with Crippen LogP contribution in [0, 0.1) is 0 Å². The summed E-state index contributed by atoms with van der Waals surface area (Å²) in [6, 6.07) is 0. The van der Waals surface area contributed by atoms with E-state index >= 15 is 0 Å². The van der Waals surface area contributed by atoms with Crippen molar-refractivity contribution < 1.29 is 52.8 Å². The van der Waals surface area contributed by atoms with E-state index in [0.29, 0.717) is 6.61 Å². The van der Waals surface area contributed by atoms with Gasteiger partial charge >= 0.3 is 11.0 Å². The molecule has 26 heavy (non-hydrogen) atoms. The molecule has 1 heterocycles. The second kappa shape index (κ2) is 9.03. The Hall–Kier alpha value is -0.640. The maximum atomic E-state index is 11.4. The fourth-order valence-electron chi connectivity index (χ4n) is 2.17. The Morgan fingerprint density at radius 3 is 1.58 bits per heavy atom. The van der Waals surface area contributed by atoms with Crippen LogP contribution >= 0.6 is 0 Å². The normalized spacial score (nSPS) is 18.8. The first kappa shape index (κ1) is 25.4. The Kier molecular flexibility index (Phi) is 8.81. The van der Waals surface area contributed by atoms with E-state index in [0.717, 1.165) is 17.1 Å². The molecule has 15 heteroatoms. The van der Waals surface area contributed by atoms with Crippen molar-refractivity contribution in [3.05, 3.63) is 4.13 Å². The Labute approximate surface area is 147 Å². The molecular weight excluding hydrogens is 418 g/mol. The number of hydrogen-bond acceptors (Lipinski definition) is 5. The number of alkyl halides is 6. The number of quaternary nitrogens is 1. The smallest absolute Gasteiger partial charge is 0.421 e. The maximum absolute atomic E-state index is 11.4. The molecule has 0 aromatic rings. The van der Waals surface area contributed by atoms with Crippen molar-refractivity contribution in [1.29, 1.82) is 0 Å². The van der Waals surface area contributed by atoms with E-state index in [1.54, 1.807) is 0 Å². The zero-order valence-corrected chi connectivity index (χ0v) is 15.3. The van der Waals surface area contributed by atoms with Gasteiger partial charge in [0.15, 0.2) is 20.0 Å². The predicted molar refractivity (Wildman–Crippen MR) is 79.6 cm³/mol. The molecule has 0 amide bonds. The molecule has 0 atom stereocenters. The zero-order valence-electron chi connectivity index (χ0n) is 13.7. The van der Waals surface area contributed by atoms with E-state index in [1.165, 1.54) is 36.8 Å². The first-order valence-corrected chi connectivity index (χ1v) is 10.2. The number of nitrogens with zero attached hydrogens (tertiary/aromatic N) is 2. The Bertz CT molecular complexity index is 597. The number of sulfonamides is 2. The summed E-state index contributed by atoms with van der Waals surface area (Å²) in [4.78, 5) is 0. The molecule has 1 N–H and O–H groups in total. The lowest BCUT2D eigenvalue weighted by Gasteiger charge is -2.37. The molecular formula is C11H20F6N2O5S2. The third kappa shape index (κ3) is 7.94. The van der Waals surface area contributed by atoms with Crippen molar-refractivity contribution in [2.45, 2.75) is 36.7 Å². The molecule has 1 saturated heterocycles. The van der Waals surface area contributed by atoms with E-state index < -0.39 is 31.1 Å². The highest BCUT2D eigenvalue weighted by molar-refractivity contribution is 8.13. The molecule has 0 saturated carbocycles. The average Bonchev–Trinajstić information content (AvgIpc) is 2.43. The number of halogens is 6. The molecule has 1 aliphatic rings. The molecule has 1 aliphatic heterocycles. The number of likely N-dealkylation sites (tertiary alicyclic amines) is 1. The van der Waals surface area contributed by atoms with Crippen LogP contribution in [0.2, 0.25) is 0 Å². The van der Waals surface area contributed by atoms with Crippen LogP contribution in [0.4, 0.5) is 26.3 Å². The maximum Gasteiger partial charge on any atom is 0.480 e. The minimum atomic E-state index is -6.72. The summed E-state index contributed by atoms with van der Waals surface area (Å²) in [5.74, 6) is 0. The van der Waals surface area contributed by atoms with Gasteiger partial charge in [-0.25, -0.2) is 16.8 Å². The van der Waals surface area contributed by atoms with Crippen molar-refractivity contribution >= 4 is 20.0 Å². The Morgan fingerprint density at radius 2 is 1.27 bits per heavy atom. The summed E-state index contributed by atoms with van der Waals surface area (Å²) in [6.45, 7) is 4.16. The summed E-state index contributed by atoms with van der Waals surface area (Å²) in [5.41, 5.74) is -12.4. The lowest BCUT2D eigenvalue weighted by Crippen LogP contribution is -2.48. The number of piperidine rings is 1. The van der Waals surface area contributed by atoms with Crippen molar-refractivity contribution in [3.8, 4) is 0 Å². The van der Waals surface area contributed by atoms with E-state index in [1.807, 2.05) is 0 Å². The fourth-order valence-corrected chi connectivity index (χ4v) is 3.87. The first-order valence-electron chi connectivity index (χ1n) is 7.29. The molecule has 0 unspecified atom stereocenters. The van der Waals surface area contributed by atoms with Crippen molar-refractivity contribution in [1.82, 2.24) is 0 Å². The third-order valence-electron chi connectivity index (χ3n) is 3.53. The third-order valence-corrected chi connectivity index (χ3v) is 6.27. The highest BCUT2D eigenvalue weighted by Crippen LogP contribution is 2.36. The fraction of sp³-hybridized carbons (Fsp3) is 1.00. The lowest BCUT2D eigenvalue weighted by atomic mass is 10.1. The molecule has 1 fully saturated rings. The minimum absolute atomic E-state index is 0.355. The zero-order chi connectivity index (χ0) is 20.9. The van der Waals surface area contributed by atoms with Crippen LogP contribution in [0.15, 0.2) is 0 Å². The second-order valence-corrected chi connectivity index (χ2v) is 9.27. The summed E-state index contributed by atoms with van der Waals surface area (Å²) < 4.78 is 110. The van der Waals surface area contributed by atoms with Crippen LogP contribution in [0.25, 0.3) is 4.13 Å². The molecule has 158 valence electrons. The van der Waals surface area contributed by atoms with Crippen LogP contribution in [0.5, 0.6) is 0 Å². The van der Waals surface area contributed by atoms with Crippen LogP contribution in [0.1, 0.15) is 25.7 Å². The van der Waals surface area contributed by atoms with Gasteiger partial charge in [0.2, 0.25) is 0 Å². The molecule has 0 bridgehead atoms. The van der Waals surface area contributed by atoms with Crippen molar-refractivity contribution in [2.24, 2.45) is 0 Å². The standard InChI is InChI=1S/C9H20NO.C2F6NO4S2/c1-10(8-5-9-11)6-3-2-4-7-10;3-1(4,5)14(10,11)9-15(12,13)2(6,7)8/h11H,2-9H2,1H3;/q+1;-1. The van der Waals surface area contributed by atoms with Crippen LogP contribution < -0.4 is 0 Å². The predicted octanol–water partition coefficient (Wildman–Crippen LogP) is 2.06. The highest BCUT2D eigenvalue weighted by atomic mass is 32.3. The van der Waals surface area contributed by atoms with Gasteiger partial charge in [-0.05, 0) is 19.3 Å². The molecule has 0 radical (unpaired) electrons. The summed E-state index contributed by atoms with van der Waals surface area (Å²) in [7, 11) is -11.1. The van der Waals surface area contributed by atoms with Gasteiger partial charge in [0.1, 0.15) is 0 Å². The van der Waals surface area contributed by atoms with E-state index in [2.05, 4.69) is 7.05 Å². The minimum Gasteiger partial charge on any atom is -0.421 e. The van der Waals surface area contributed by atoms with Gasteiger partial charge in [-0.3, -0.25) is 0 Å². The van der Waals surface area contributed by atoms with E-state index in [9.17, 15) is 43.2 Å². The Balaban J connectivity index is 0.000000502. The second-order valence-electron chi connectivity index (χ2n) is 5.84. The number of aliphatic hydroxyl groups excluding tert-OH is 1. The largest absolute Gasteiger partial charge is 0.480 e. The number of rotatable bonds is 5. The summed E-state index contributed by atoms with van der Waals surface area (Å²) in [6.07, 6.45) is 5.13. The van der Waals surface area contributed by atoms with Crippen LogP contribution in [-0.2, 0) is 20.0 Å².